The number of hydrogen-bond donors (Lipinski definition) is 1. The van der Waals surface area contributed by atoms with E-state index in [9.17, 15) is 0 Å². The van der Waals surface area contributed by atoms with E-state index >= 15 is 0 Å². The van der Waals surface area contributed by atoms with E-state index in [1.807, 2.05) is 6.20 Å². The predicted molar refractivity (Wildman–Crippen MR) is 33.9 cm³/mol. The van der Waals surface area contributed by atoms with Crippen molar-refractivity contribution in [2.45, 2.75) is 12.6 Å². The summed E-state index contributed by atoms with van der Waals surface area (Å²) >= 11 is 0. The summed E-state index contributed by atoms with van der Waals surface area (Å²) in [5, 5.41) is 3.17. The highest BCUT2D eigenvalue weighted by Gasteiger charge is 1.89. The van der Waals surface area contributed by atoms with Gasteiger partial charge in [-0.25, -0.2) is 0 Å². The van der Waals surface area contributed by atoms with Crippen LogP contribution in [0.25, 0.3) is 0 Å². The van der Waals surface area contributed by atoms with Gasteiger partial charge in [0.1, 0.15) is 7.28 Å². The quantitative estimate of drug-likeness (QED) is 0.429. The molecule has 0 atom stereocenters. The molecule has 0 aromatic rings. The van der Waals surface area contributed by atoms with Crippen LogP contribution in [0.4, 0.5) is 0 Å². The van der Waals surface area contributed by atoms with Crippen molar-refractivity contribution in [1.82, 2.24) is 5.32 Å². The number of rotatable bonds is 0. The minimum absolute atomic E-state index is 1.16. The third kappa shape index (κ3) is 1.67. The van der Waals surface area contributed by atoms with Crippen LogP contribution in [0.3, 0.4) is 0 Å². The first-order valence-electron chi connectivity index (χ1n) is 2.88. The lowest BCUT2D eigenvalue weighted by molar-refractivity contribution is 0.920. The van der Waals surface area contributed by atoms with E-state index in [2.05, 4.69) is 11.4 Å². The van der Waals surface area contributed by atoms with Crippen LogP contribution in [-0.2, 0) is 0 Å². The van der Waals surface area contributed by atoms with E-state index in [0.29, 0.717) is 0 Å². The Labute approximate surface area is 45.0 Å². The fourth-order valence-corrected chi connectivity index (χ4v) is 0.739. The largest absolute Gasteiger partial charge is 0.392 e. The average Bonchev–Trinajstić information content (AvgIpc) is 1.90. The molecule has 0 saturated carbocycles. The van der Waals surface area contributed by atoms with Gasteiger partial charge in [-0.3, -0.25) is 0 Å². The number of nitrogens with one attached hydrogen (secondary N) is 1. The smallest absolute Gasteiger partial charge is 0.127 e. The highest BCUT2D eigenvalue weighted by molar-refractivity contribution is 6.36. The van der Waals surface area contributed by atoms with E-state index in [0.717, 1.165) is 6.54 Å². The zero-order chi connectivity index (χ0) is 4.95. The van der Waals surface area contributed by atoms with Crippen molar-refractivity contribution in [2.24, 2.45) is 0 Å². The monoisotopic (exact) mass is 95.1 g/mol. The molecule has 0 aliphatic carbocycles. The summed E-state index contributed by atoms with van der Waals surface area (Å²) < 4.78 is 0. The molecule has 0 bridgehead atoms. The summed E-state index contributed by atoms with van der Waals surface area (Å²) in [7, 11) is 1.35. The fourth-order valence-electron chi connectivity index (χ4n) is 0.739. The van der Waals surface area contributed by atoms with Crippen molar-refractivity contribution in [3.8, 4) is 0 Å². The van der Waals surface area contributed by atoms with E-state index in [4.69, 9.17) is 0 Å². The molecule has 1 heterocycles. The Hall–Kier alpha value is -0.395. The molecule has 1 N–H and O–H groups in total. The molecule has 2 heteroatoms. The molecule has 38 valence electrons. The lowest BCUT2D eigenvalue weighted by Gasteiger charge is -1.89. The number of allylic oxidation sites excluding steroid dienone is 1. The molecule has 1 aliphatic heterocycles. The van der Waals surface area contributed by atoms with E-state index in [1.54, 1.807) is 0 Å². The van der Waals surface area contributed by atoms with Crippen molar-refractivity contribution < 1.29 is 0 Å². The topological polar surface area (TPSA) is 12.0 Å². The first kappa shape index (κ1) is 4.76. The minimum atomic E-state index is 1.16. The van der Waals surface area contributed by atoms with Crippen molar-refractivity contribution in [3.05, 3.63) is 12.3 Å². The Kier molecular flexibility index (Phi) is 1.85. The van der Waals surface area contributed by atoms with Crippen LogP contribution < -0.4 is 5.32 Å². The van der Waals surface area contributed by atoms with Gasteiger partial charge in [-0.2, -0.15) is 0 Å². The van der Waals surface area contributed by atoms with Gasteiger partial charge in [-0.15, -0.1) is 0 Å². The fraction of sp³-hybridized carbons (Fsp3) is 0.600. The van der Waals surface area contributed by atoms with Gasteiger partial charge in [-0.1, -0.05) is 18.7 Å². The Bertz CT molecular complexity index is 62.5. The van der Waals surface area contributed by atoms with Crippen LogP contribution in [0, 0.1) is 0 Å². The molecule has 1 aliphatic rings. The molecule has 0 fully saturated rings. The highest BCUT2D eigenvalue weighted by atomic mass is 14.8. The lowest BCUT2D eigenvalue weighted by Crippen LogP contribution is -2.04. The van der Waals surface area contributed by atoms with Crippen LogP contribution in [0.2, 0.25) is 12.6 Å². The van der Waals surface area contributed by atoms with Crippen LogP contribution >= 0.6 is 0 Å². The Balaban J connectivity index is 2.20. The normalized spacial score (nSPS) is 19.4. The molecule has 0 radical (unpaired) electrons. The standard InChI is InChI=1S/C5H10BN/c1-2-6-3-5-7-4-1/h1,4,6-7H,2-3,5H2. The Morgan fingerprint density at radius 2 is 2.57 bits per heavy atom. The van der Waals surface area contributed by atoms with Crippen molar-refractivity contribution in [2.75, 3.05) is 6.54 Å². The molecule has 1 nitrogen and oxygen atoms in total. The second-order valence-corrected chi connectivity index (χ2v) is 1.85. The molecular formula is C5H10BN. The SMILES string of the molecule is B1CC=CNCC1. The first-order valence-corrected chi connectivity index (χ1v) is 2.88. The lowest BCUT2D eigenvalue weighted by atomic mass is 9.72. The highest BCUT2D eigenvalue weighted by Crippen LogP contribution is 1.89. The van der Waals surface area contributed by atoms with Crippen LogP contribution in [0.15, 0.2) is 12.3 Å². The van der Waals surface area contributed by atoms with Gasteiger partial charge in [0.2, 0.25) is 0 Å². The molecule has 0 unspecified atom stereocenters. The average molecular weight is 95.0 g/mol. The maximum atomic E-state index is 3.17. The second-order valence-electron chi connectivity index (χ2n) is 1.85. The molecular weight excluding hydrogens is 84.9 g/mol. The third-order valence-corrected chi connectivity index (χ3v) is 1.18. The zero-order valence-electron chi connectivity index (χ0n) is 4.48. The molecule has 0 aromatic heterocycles. The maximum absolute atomic E-state index is 3.17. The predicted octanol–water partition coefficient (Wildman–Crippen LogP) is 0.376. The molecule has 0 saturated heterocycles. The van der Waals surface area contributed by atoms with Gasteiger partial charge in [-0.05, 0) is 6.20 Å². The molecule has 7 heavy (non-hydrogen) atoms. The van der Waals surface area contributed by atoms with E-state index in [-0.39, 0.29) is 0 Å². The second kappa shape index (κ2) is 2.72. The molecule has 1 rings (SSSR count). The summed E-state index contributed by atoms with van der Waals surface area (Å²) in [5.41, 5.74) is 0. The Morgan fingerprint density at radius 3 is 3.57 bits per heavy atom. The van der Waals surface area contributed by atoms with E-state index in [1.165, 1.54) is 19.9 Å². The zero-order valence-corrected chi connectivity index (χ0v) is 4.48. The van der Waals surface area contributed by atoms with Gasteiger partial charge in [0.05, 0.1) is 0 Å². The van der Waals surface area contributed by atoms with E-state index < -0.39 is 0 Å². The van der Waals surface area contributed by atoms with Crippen molar-refractivity contribution in [1.29, 1.82) is 0 Å². The summed E-state index contributed by atoms with van der Waals surface area (Å²) in [6.07, 6.45) is 6.82. The van der Waals surface area contributed by atoms with Gasteiger partial charge in [0.25, 0.3) is 0 Å². The maximum Gasteiger partial charge on any atom is 0.127 e. The molecule has 0 aromatic carbocycles. The van der Waals surface area contributed by atoms with Gasteiger partial charge < -0.3 is 5.32 Å². The van der Waals surface area contributed by atoms with Gasteiger partial charge in [0.15, 0.2) is 0 Å². The number of hydrogen-bond acceptors (Lipinski definition) is 1. The van der Waals surface area contributed by atoms with Crippen molar-refractivity contribution >= 4 is 7.28 Å². The van der Waals surface area contributed by atoms with Crippen molar-refractivity contribution in [3.63, 3.8) is 0 Å². The summed E-state index contributed by atoms with van der Waals surface area (Å²) in [4.78, 5) is 0. The van der Waals surface area contributed by atoms with Crippen LogP contribution in [-0.4, -0.2) is 13.8 Å². The minimum Gasteiger partial charge on any atom is -0.392 e. The molecule has 0 spiro atoms. The summed E-state index contributed by atoms with van der Waals surface area (Å²) in [5.74, 6) is 0. The molecule has 0 amide bonds. The first-order chi connectivity index (χ1) is 3.50. The third-order valence-electron chi connectivity index (χ3n) is 1.18. The van der Waals surface area contributed by atoms with Gasteiger partial charge >= 0.3 is 0 Å². The van der Waals surface area contributed by atoms with Gasteiger partial charge in [0, 0.05) is 6.54 Å². The van der Waals surface area contributed by atoms with Crippen LogP contribution in [0.1, 0.15) is 0 Å². The summed E-state index contributed by atoms with van der Waals surface area (Å²) in [6.45, 7) is 1.16. The Morgan fingerprint density at radius 1 is 1.57 bits per heavy atom. The van der Waals surface area contributed by atoms with Crippen LogP contribution in [0.5, 0.6) is 0 Å². The summed E-state index contributed by atoms with van der Waals surface area (Å²) in [6, 6.07) is 0.